The van der Waals surface area contributed by atoms with E-state index in [0.717, 1.165) is 16.7 Å². The Morgan fingerprint density at radius 3 is 2.17 bits per heavy atom. The van der Waals surface area contributed by atoms with Gasteiger partial charge in [0.15, 0.2) is 0 Å². The highest BCUT2D eigenvalue weighted by Crippen LogP contribution is 2.26. The van der Waals surface area contributed by atoms with E-state index in [0.29, 0.717) is 27.9 Å². The number of carboxylic acid groups (broad SMARTS) is 1. The van der Waals surface area contributed by atoms with Crippen molar-refractivity contribution in [3.05, 3.63) is 88.0 Å². The molecule has 0 heterocycles. The lowest BCUT2D eigenvalue weighted by Gasteiger charge is -2.15. The van der Waals surface area contributed by atoms with Crippen LogP contribution in [-0.4, -0.2) is 17.0 Å². The number of aromatic carboxylic acids is 1. The zero-order valence-corrected chi connectivity index (χ0v) is 16.4. The lowest BCUT2D eigenvalue weighted by atomic mass is 9.97. The predicted molar refractivity (Wildman–Crippen MR) is 112 cm³/mol. The molecular formula is C24H20N2O3. The van der Waals surface area contributed by atoms with Crippen LogP contribution in [0.25, 0.3) is 11.1 Å². The number of rotatable bonds is 4. The smallest absolute Gasteiger partial charge is 0.335 e. The summed E-state index contributed by atoms with van der Waals surface area (Å²) in [7, 11) is 0. The maximum Gasteiger partial charge on any atom is 0.335 e. The first-order valence-electron chi connectivity index (χ1n) is 9.07. The lowest BCUT2D eigenvalue weighted by molar-refractivity contribution is 0.0696. The van der Waals surface area contributed by atoms with Gasteiger partial charge < -0.3 is 10.4 Å². The SMILES string of the molecule is Cc1ccc(-c2cccc(C#N)c2)cc1C(=O)Nc1c(C)cc(C(=O)O)cc1C. The maximum absolute atomic E-state index is 13.0. The average Bonchev–Trinajstić information content (AvgIpc) is 2.70. The largest absolute Gasteiger partial charge is 0.478 e. The van der Waals surface area contributed by atoms with Crippen LogP contribution in [0.4, 0.5) is 5.69 Å². The minimum Gasteiger partial charge on any atom is -0.478 e. The molecule has 0 spiro atoms. The third kappa shape index (κ3) is 4.17. The zero-order chi connectivity index (χ0) is 21.1. The van der Waals surface area contributed by atoms with Gasteiger partial charge in [0, 0.05) is 11.3 Å². The molecule has 144 valence electrons. The summed E-state index contributed by atoms with van der Waals surface area (Å²) in [5.74, 6) is -1.27. The van der Waals surface area contributed by atoms with Crippen LogP contribution in [-0.2, 0) is 0 Å². The number of carboxylic acids is 1. The van der Waals surface area contributed by atoms with Crippen molar-refractivity contribution in [3.63, 3.8) is 0 Å². The van der Waals surface area contributed by atoms with Gasteiger partial charge in [-0.25, -0.2) is 4.79 Å². The van der Waals surface area contributed by atoms with Gasteiger partial charge in [0.1, 0.15) is 0 Å². The number of carbonyl (C=O) groups is 2. The molecule has 0 unspecified atom stereocenters. The van der Waals surface area contributed by atoms with Crippen molar-refractivity contribution in [1.82, 2.24) is 0 Å². The van der Waals surface area contributed by atoms with Crippen LogP contribution in [0.3, 0.4) is 0 Å². The van der Waals surface area contributed by atoms with Crippen LogP contribution < -0.4 is 5.32 Å². The van der Waals surface area contributed by atoms with Crippen molar-refractivity contribution < 1.29 is 14.7 Å². The molecule has 0 fully saturated rings. The highest BCUT2D eigenvalue weighted by Gasteiger charge is 2.15. The summed E-state index contributed by atoms with van der Waals surface area (Å²) in [6, 6.07) is 18.0. The Balaban J connectivity index is 1.96. The molecule has 5 nitrogen and oxygen atoms in total. The Bertz CT molecular complexity index is 1150. The average molecular weight is 384 g/mol. The molecule has 1 amide bonds. The molecule has 0 radical (unpaired) electrons. The monoisotopic (exact) mass is 384 g/mol. The summed E-state index contributed by atoms with van der Waals surface area (Å²) in [5, 5.41) is 21.2. The van der Waals surface area contributed by atoms with Crippen LogP contribution in [0.2, 0.25) is 0 Å². The number of carbonyl (C=O) groups excluding carboxylic acids is 1. The van der Waals surface area contributed by atoms with Gasteiger partial charge in [-0.3, -0.25) is 4.79 Å². The molecule has 0 aliphatic rings. The fourth-order valence-electron chi connectivity index (χ4n) is 3.28. The number of nitrogens with zero attached hydrogens (tertiary/aromatic N) is 1. The number of hydrogen-bond acceptors (Lipinski definition) is 3. The maximum atomic E-state index is 13.0. The molecule has 0 bridgehead atoms. The number of amides is 1. The second kappa shape index (κ2) is 7.99. The molecule has 3 aromatic carbocycles. The van der Waals surface area contributed by atoms with Gasteiger partial charge in [-0.2, -0.15) is 5.26 Å². The van der Waals surface area contributed by atoms with Crippen molar-refractivity contribution in [3.8, 4) is 17.2 Å². The van der Waals surface area contributed by atoms with Gasteiger partial charge in [-0.1, -0.05) is 24.3 Å². The standard InChI is InChI=1S/C24H20N2O3/c1-14-7-8-19(18-6-4-5-17(11-18)13-25)12-21(14)23(27)26-22-15(2)9-20(24(28)29)10-16(22)3/h4-12H,1-3H3,(H,26,27)(H,28,29). The number of nitriles is 1. The summed E-state index contributed by atoms with van der Waals surface area (Å²) in [4.78, 5) is 24.2. The molecule has 3 aromatic rings. The molecule has 0 aliphatic carbocycles. The molecular weight excluding hydrogens is 364 g/mol. The normalized spacial score (nSPS) is 10.3. The fraction of sp³-hybridized carbons (Fsp3) is 0.125. The highest BCUT2D eigenvalue weighted by atomic mass is 16.4. The van der Waals surface area contributed by atoms with Gasteiger partial charge >= 0.3 is 5.97 Å². The molecule has 2 N–H and O–H groups in total. The number of anilines is 1. The topological polar surface area (TPSA) is 90.2 Å². The minimum atomic E-state index is -1.00. The van der Waals surface area contributed by atoms with E-state index in [2.05, 4.69) is 11.4 Å². The van der Waals surface area contributed by atoms with E-state index < -0.39 is 5.97 Å². The molecule has 0 saturated carbocycles. The first-order chi connectivity index (χ1) is 13.8. The second-order valence-electron chi connectivity index (χ2n) is 6.97. The minimum absolute atomic E-state index is 0.188. The zero-order valence-electron chi connectivity index (χ0n) is 16.4. The van der Waals surface area contributed by atoms with Crippen LogP contribution >= 0.6 is 0 Å². The third-order valence-corrected chi connectivity index (χ3v) is 4.83. The van der Waals surface area contributed by atoms with E-state index in [4.69, 9.17) is 5.26 Å². The molecule has 0 aliphatic heterocycles. The number of benzene rings is 3. The van der Waals surface area contributed by atoms with E-state index >= 15 is 0 Å². The van der Waals surface area contributed by atoms with Gasteiger partial charge in [0.25, 0.3) is 5.91 Å². The number of nitrogens with one attached hydrogen (secondary N) is 1. The third-order valence-electron chi connectivity index (χ3n) is 4.83. The van der Waals surface area contributed by atoms with E-state index in [1.807, 2.05) is 31.2 Å². The van der Waals surface area contributed by atoms with Crippen molar-refractivity contribution in [2.45, 2.75) is 20.8 Å². The van der Waals surface area contributed by atoms with Crippen LogP contribution in [0, 0.1) is 32.1 Å². The van der Waals surface area contributed by atoms with Crippen LogP contribution in [0.5, 0.6) is 0 Å². The fourth-order valence-corrected chi connectivity index (χ4v) is 3.28. The summed E-state index contributed by atoms with van der Waals surface area (Å²) in [5.41, 5.74) is 5.76. The van der Waals surface area contributed by atoms with Gasteiger partial charge in [0.2, 0.25) is 0 Å². The first-order valence-corrected chi connectivity index (χ1v) is 9.07. The summed E-state index contributed by atoms with van der Waals surface area (Å²) in [6.07, 6.45) is 0. The summed E-state index contributed by atoms with van der Waals surface area (Å²) in [6.45, 7) is 5.40. The van der Waals surface area contributed by atoms with E-state index in [1.54, 1.807) is 44.2 Å². The Hall–Kier alpha value is -3.91. The Kier molecular flexibility index (Phi) is 5.47. The van der Waals surface area contributed by atoms with Crippen molar-refractivity contribution in [2.75, 3.05) is 5.32 Å². The van der Waals surface area contributed by atoms with E-state index in [-0.39, 0.29) is 11.5 Å². The summed E-state index contributed by atoms with van der Waals surface area (Å²) < 4.78 is 0. The van der Waals surface area contributed by atoms with Gasteiger partial charge in [0.05, 0.1) is 17.2 Å². The Labute approximate surface area is 169 Å². The number of hydrogen-bond donors (Lipinski definition) is 2. The molecule has 5 heteroatoms. The molecule has 29 heavy (non-hydrogen) atoms. The lowest BCUT2D eigenvalue weighted by Crippen LogP contribution is -2.16. The first kappa shape index (κ1) is 19.8. The summed E-state index contributed by atoms with van der Waals surface area (Å²) >= 11 is 0. The quantitative estimate of drug-likeness (QED) is 0.655. The van der Waals surface area contributed by atoms with Crippen molar-refractivity contribution in [2.24, 2.45) is 0 Å². The van der Waals surface area contributed by atoms with Crippen LogP contribution in [0.15, 0.2) is 54.6 Å². The van der Waals surface area contributed by atoms with Gasteiger partial charge in [-0.15, -0.1) is 0 Å². The van der Waals surface area contributed by atoms with Crippen molar-refractivity contribution >= 4 is 17.6 Å². The Morgan fingerprint density at radius 2 is 1.55 bits per heavy atom. The predicted octanol–water partition coefficient (Wildman–Crippen LogP) is 5.10. The van der Waals surface area contributed by atoms with E-state index in [9.17, 15) is 14.7 Å². The van der Waals surface area contributed by atoms with Crippen molar-refractivity contribution in [1.29, 1.82) is 5.26 Å². The molecule has 0 atom stereocenters. The molecule has 0 saturated heterocycles. The number of aryl methyl sites for hydroxylation is 3. The van der Waals surface area contributed by atoms with Gasteiger partial charge in [-0.05, 0) is 78.9 Å². The molecule has 0 aromatic heterocycles. The Morgan fingerprint density at radius 1 is 0.897 bits per heavy atom. The second-order valence-corrected chi connectivity index (χ2v) is 6.97. The van der Waals surface area contributed by atoms with Crippen LogP contribution in [0.1, 0.15) is 43.0 Å². The molecule has 3 rings (SSSR count). The van der Waals surface area contributed by atoms with E-state index in [1.165, 1.54) is 0 Å². The highest BCUT2D eigenvalue weighted by molar-refractivity contribution is 6.07.